The number of amides is 1. The Kier molecular flexibility index (Phi) is 2.82. The number of methoxy groups -OCH3 is 1. The molecule has 0 aliphatic rings. The van der Waals surface area contributed by atoms with Gasteiger partial charge in [0.25, 0.3) is 5.91 Å². The Labute approximate surface area is 71.1 Å². The highest BCUT2D eigenvalue weighted by molar-refractivity contribution is 5.80. The van der Waals surface area contributed by atoms with E-state index in [2.05, 4.69) is 0 Å². The second kappa shape index (κ2) is 3.88. The predicted octanol–water partition coefficient (Wildman–Crippen LogP) is 0.859. The lowest BCUT2D eigenvalue weighted by Gasteiger charge is -2.10. The summed E-state index contributed by atoms with van der Waals surface area (Å²) in [6.07, 6.45) is -0.633. The summed E-state index contributed by atoms with van der Waals surface area (Å²) in [5.41, 5.74) is 5.90. The van der Waals surface area contributed by atoms with Gasteiger partial charge < -0.3 is 10.5 Å². The predicted molar refractivity (Wildman–Crippen MR) is 45.4 cm³/mol. The van der Waals surface area contributed by atoms with E-state index in [0.717, 1.165) is 5.56 Å². The fourth-order valence-electron chi connectivity index (χ4n) is 1.04. The number of ether oxygens (including phenoxy) is 1. The molecule has 3 heteroatoms. The first-order valence-electron chi connectivity index (χ1n) is 3.62. The van der Waals surface area contributed by atoms with E-state index in [1.807, 2.05) is 18.2 Å². The minimum absolute atomic E-state index is 0.469. The summed E-state index contributed by atoms with van der Waals surface area (Å²) in [5, 5.41) is 0. The molecule has 0 spiro atoms. The van der Waals surface area contributed by atoms with Crippen LogP contribution in [0.4, 0.5) is 0 Å². The number of carbonyl (C=O) groups excluding carboxylic acids is 1. The average molecular weight is 165 g/mol. The lowest BCUT2D eigenvalue weighted by Crippen LogP contribution is -2.22. The molecule has 1 amide bonds. The minimum Gasteiger partial charge on any atom is -0.367 e. The maximum absolute atomic E-state index is 10.8. The van der Waals surface area contributed by atoms with Crippen molar-refractivity contribution < 1.29 is 9.53 Å². The van der Waals surface area contributed by atoms with Gasteiger partial charge >= 0.3 is 0 Å². The number of primary amides is 1. The highest BCUT2D eigenvalue weighted by Gasteiger charge is 2.15. The smallest absolute Gasteiger partial charge is 0.251 e. The molecule has 1 atom stereocenters. The van der Waals surface area contributed by atoms with Crippen LogP contribution < -0.4 is 5.73 Å². The first kappa shape index (κ1) is 8.74. The molecule has 0 aliphatic carbocycles. The van der Waals surface area contributed by atoms with Crippen molar-refractivity contribution in [3.63, 3.8) is 0 Å². The lowest BCUT2D eigenvalue weighted by molar-refractivity contribution is -0.128. The Morgan fingerprint density at radius 3 is 2.42 bits per heavy atom. The molecule has 64 valence electrons. The van der Waals surface area contributed by atoms with E-state index in [1.165, 1.54) is 7.11 Å². The van der Waals surface area contributed by atoms with Crippen molar-refractivity contribution in [3.8, 4) is 0 Å². The molecule has 1 unspecified atom stereocenters. The molecule has 0 saturated heterocycles. The zero-order valence-corrected chi connectivity index (χ0v) is 6.86. The largest absolute Gasteiger partial charge is 0.367 e. The van der Waals surface area contributed by atoms with Crippen LogP contribution in [0.2, 0.25) is 0 Å². The van der Waals surface area contributed by atoms with Gasteiger partial charge in [0.2, 0.25) is 0 Å². The lowest BCUT2D eigenvalue weighted by atomic mass is 10.1. The molecule has 0 aliphatic heterocycles. The normalized spacial score (nSPS) is 12.4. The summed E-state index contributed by atoms with van der Waals surface area (Å²) in [5.74, 6) is -0.469. The maximum Gasteiger partial charge on any atom is 0.251 e. The number of benzene rings is 1. The number of rotatable bonds is 3. The van der Waals surface area contributed by atoms with E-state index < -0.39 is 12.0 Å². The van der Waals surface area contributed by atoms with Gasteiger partial charge in [-0.25, -0.2) is 0 Å². The van der Waals surface area contributed by atoms with Gasteiger partial charge in [0.05, 0.1) is 0 Å². The van der Waals surface area contributed by atoms with E-state index in [0.29, 0.717) is 0 Å². The Morgan fingerprint density at radius 1 is 1.42 bits per heavy atom. The van der Waals surface area contributed by atoms with Crippen LogP contribution in [0.3, 0.4) is 0 Å². The first-order valence-corrected chi connectivity index (χ1v) is 3.62. The standard InChI is InChI=1S/C9H11NO2/c1-12-8(9(10)11)7-5-3-2-4-6-7/h2-6,8H,1H3,(H2,10,11). The monoisotopic (exact) mass is 165 g/mol. The molecule has 0 radical (unpaired) electrons. The third-order valence-electron chi connectivity index (χ3n) is 1.60. The third-order valence-corrected chi connectivity index (χ3v) is 1.60. The second-order valence-electron chi connectivity index (χ2n) is 2.43. The summed E-state index contributed by atoms with van der Waals surface area (Å²) in [4.78, 5) is 10.8. The first-order chi connectivity index (χ1) is 5.75. The third kappa shape index (κ3) is 1.83. The summed E-state index contributed by atoms with van der Waals surface area (Å²) < 4.78 is 4.92. The van der Waals surface area contributed by atoms with Crippen molar-refractivity contribution in [2.24, 2.45) is 5.73 Å². The van der Waals surface area contributed by atoms with Crippen LogP contribution >= 0.6 is 0 Å². The number of carbonyl (C=O) groups is 1. The number of hydrogen-bond acceptors (Lipinski definition) is 2. The fourth-order valence-corrected chi connectivity index (χ4v) is 1.04. The molecule has 3 nitrogen and oxygen atoms in total. The van der Waals surface area contributed by atoms with Crippen molar-refractivity contribution in [2.45, 2.75) is 6.10 Å². The van der Waals surface area contributed by atoms with Gasteiger partial charge in [-0.2, -0.15) is 0 Å². The SMILES string of the molecule is COC(C(N)=O)c1ccccc1. The van der Waals surface area contributed by atoms with Gasteiger partial charge in [0.15, 0.2) is 6.10 Å². The molecule has 12 heavy (non-hydrogen) atoms. The van der Waals surface area contributed by atoms with Gasteiger partial charge in [-0.15, -0.1) is 0 Å². The highest BCUT2D eigenvalue weighted by atomic mass is 16.5. The Balaban J connectivity index is 2.88. The van der Waals surface area contributed by atoms with Gasteiger partial charge in [-0.1, -0.05) is 30.3 Å². The van der Waals surface area contributed by atoms with Crippen molar-refractivity contribution >= 4 is 5.91 Å². The van der Waals surface area contributed by atoms with E-state index in [4.69, 9.17) is 10.5 Å². The van der Waals surface area contributed by atoms with E-state index in [9.17, 15) is 4.79 Å². The molecule has 0 saturated carbocycles. The van der Waals surface area contributed by atoms with Crippen LogP contribution in [0.5, 0.6) is 0 Å². The van der Waals surface area contributed by atoms with Crippen LogP contribution in [-0.4, -0.2) is 13.0 Å². The Morgan fingerprint density at radius 2 is 2.00 bits per heavy atom. The zero-order chi connectivity index (χ0) is 8.97. The van der Waals surface area contributed by atoms with Crippen molar-refractivity contribution in [3.05, 3.63) is 35.9 Å². The van der Waals surface area contributed by atoms with Crippen LogP contribution in [0.15, 0.2) is 30.3 Å². The highest BCUT2D eigenvalue weighted by Crippen LogP contribution is 2.14. The molecular formula is C9H11NO2. The molecule has 0 aromatic heterocycles. The van der Waals surface area contributed by atoms with Crippen LogP contribution in [-0.2, 0) is 9.53 Å². The molecule has 0 fully saturated rings. The Hall–Kier alpha value is -1.35. The molecule has 1 aromatic rings. The van der Waals surface area contributed by atoms with E-state index in [1.54, 1.807) is 12.1 Å². The van der Waals surface area contributed by atoms with Gasteiger partial charge in [-0.3, -0.25) is 4.79 Å². The van der Waals surface area contributed by atoms with Crippen molar-refractivity contribution in [2.75, 3.05) is 7.11 Å². The summed E-state index contributed by atoms with van der Waals surface area (Å²) >= 11 is 0. The van der Waals surface area contributed by atoms with Crippen molar-refractivity contribution in [1.29, 1.82) is 0 Å². The van der Waals surface area contributed by atoms with E-state index in [-0.39, 0.29) is 0 Å². The van der Waals surface area contributed by atoms with Crippen LogP contribution in [0.25, 0.3) is 0 Å². The average Bonchev–Trinajstić information content (AvgIpc) is 2.07. The quantitative estimate of drug-likeness (QED) is 0.722. The maximum atomic E-state index is 10.8. The molecule has 0 bridgehead atoms. The van der Waals surface area contributed by atoms with Gasteiger partial charge in [-0.05, 0) is 5.56 Å². The summed E-state index contributed by atoms with van der Waals surface area (Å²) in [6, 6.07) is 9.16. The summed E-state index contributed by atoms with van der Waals surface area (Å²) in [7, 11) is 1.46. The van der Waals surface area contributed by atoms with Gasteiger partial charge in [0, 0.05) is 7.11 Å². The fraction of sp³-hybridized carbons (Fsp3) is 0.222. The zero-order valence-electron chi connectivity index (χ0n) is 6.86. The topological polar surface area (TPSA) is 52.3 Å². The minimum atomic E-state index is -0.633. The van der Waals surface area contributed by atoms with Crippen LogP contribution in [0.1, 0.15) is 11.7 Å². The molecule has 0 heterocycles. The Bertz CT molecular complexity index is 258. The van der Waals surface area contributed by atoms with E-state index >= 15 is 0 Å². The van der Waals surface area contributed by atoms with Crippen molar-refractivity contribution in [1.82, 2.24) is 0 Å². The second-order valence-corrected chi connectivity index (χ2v) is 2.43. The number of nitrogens with two attached hydrogens (primary N) is 1. The van der Waals surface area contributed by atoms with Crippen LogP contribution in [0, 0.1) is 0 Å². The molecule has 1 aromatic carbocycles. The molecular weight excluding hydrogens is 154 g/mol. The number of hydrogen-bond donors (Lipinski definition) is 1. The molecule has 1 rings (SSSR count). The molecule has 2 N–H and O–H groups in total. The van der Waals surface area contributed by atoms with Gasteiger partial charge in [0.1, 0.15) is 0 Å². The summed E-state index contributed by atoms with van der Waals surface area (Å²) in [6.45, 7) is 0.